The summed E-state index contributed by atoms with van der Waals surface area (Å²) in [5, 5.41) is 9.44. The number of aliphatic imine (C=N–C) groups is 1. The third-order valence-corrected chi connectivity index (χ3v) is 4.29. The summed E-state index contributed by atoms with van der Waals surface area (Å²) in [7, 11) is 0. The molecule has 0 atom stereocenters. The number of hydrogen-bond donors (Lipinski definition) is 3. The van der Waals surface area contributed by atoms with Crippen molar-refractivity contribution in [3.63, 3.8) is 0 Å². The molecule has 138 valence electrons. The van der Waals surface area contributed by atoms with E-state index in [-0.39, 0.29) is 11.7 Å². The minimum Gasteiger partial charge on any atom is -0.357 e. The van der Waals surface area contributed by atoms with Gasteiger partial charge in [0.25, 0.3) is 0 Å². The van der Waals surface area contributed by atoms with E-state index in [1.165, 1.54) is 31.4 Å². The first-order chi connectivity index (χ1) is 12.2. The Morgan fingerprint density at radius 3 is 2.56 bits per heavy atom. The first kappa shape index (κ1) is 19.2. The van der Waals surface area contributed by atoms with Gasteiger partial charge in [-0.15, -0.1) is 0 Å². The van der Waals surface area contributed by atoms with Crippen molar-refractivity contribution in [2.75, 3.05) is 13.1 Å². The molecule has 1 aliphatic rings. The smallest absolute Gasteiger partial charge is 0.221 e. The highest BCUT2D eigenvalue weighted by molar-refractivity contribution is 5.81. The fraction of sp³-hybridized carbons (Fsp3) is 0.579. The van der Waals surface area contributed by atoms with Gasteiger partial charge in [0, 0.05) is 25.6 Å². The molecular weight excluding hydrogens is 319 g/mol. The molecule has 0 unspecified atom stereocenters. The minimum atomic E-state index is -0.248. The lowest BCUT2D eigenvalue weighted by atomic mass is 9.95. The Morgan fingerprint density at radius 1 is 1.16 bits per heavy atom. The van der Waals surface area contributed by atoms with Crippen LogP contribution in [0.3, 0.4) is 0 Å². The van der Waals surface area contributed by atoms with Crippen LogP contribution >= 0.6 is 0 Å². The van der Waals surface area contributed by atoms with E-state index in [0.717, 1.165) is 24.9 Å². The van der Waals surface area contributed by atoms with Gasteiger partial charge < -0.3 is 16.0 Å². The Hall–Kier alpha value is -2.11. The highest BCUT2D eigenvalue weighted by Crippen LogP contribution is 2.17. The summed E-state index contributed by atoms with van der Waals surface area (Å²) in [6.45, 7) is 3.73. The third-order valence-electron chi connectivity index (χ3n) is 4.29. The Morgan fingerprint density at radius 2 is 1.88 bits per heavy atom. The monoisotopic (exact) mass is 348 g/mol. The SMILES string of the molecule is CCNC(=NCc1ccc(F)cc1)NCCC(=O)NC1CCCCC1. The molecule has 0 aromatic heterocycles. The lowest BCUT2D eigenvalue weighted by Crippen LogP contribution is -2.41. The standard InChI is InChI=1S/C19H29FN4O/c1-2-21-19(23-14-15-8-10-16(20)11-9-15)22-13-12-18(25)24-17-6-4-3-5-7-17/h8-11,17H,2-7,12-14H2,1H3,(H,24,25)(H2,21,22,23). The molecule has 0 spiro atoms. The lowest BCUT2D eigenvalue weighted by Gasteiger charge is -2.22. The van der Waals surface area contributed by atoms with Crippen molar-refractivity contribution >= 4 is 11.9 Å². The Labute approximate surface area is 149 Å². The second kappa shape index (κ2) is 10.7. The molecule has 1 fully saturated rings. The molecule has 0 saturated heterocycles. The summed E-state index contributed by atoms with van der Waals surface area (Å²) >= 11 is 0. The summed E-state index contributed by atoms with van der Waals surface area (Å²) in [4.78, 5) is 16.5. The van der Waals surface area contributed by atoms with Crippen molar-refractivity contribution in [3.05, 3.63) is 35.6 Å². The van der Waals surface area contributed by atoms with E-state index in [1.807, 2.05) is 6.92 Å². The van der Waals surface area contributed by atoms with Crippen LogP contribution in [0, 0.1) is 5.82 Å². The molecule has 2 rings (SSSR count). The van der Waals surface area contributed by atoms with E-state index in [1.54, 1.807) is 12.1 Å². The number of rotatable bonds is 7. The zero-order valence-corrected chi connectivity index (χ0v) is 15.0. The number of nitrogens with one attached hydrogen (secondary N) is 3. The molecule has 0 radical (unpaired) electrons. The largest absolute Gasteiger partial charge is 0.357 e. The Kier molecular flexibility index (Phi) is 8.22. The van der Waals surface area contributed by atoms with Gasteiger partial charge >= 0.3 is 0 Å². The molecule has 0 bridgehead atoms. The van der Waals surface area contributed by atoms with Crippen molar-refractivity contribution in [1.82, 2.24) is 16.0 Å². The van der Waals surface area contributed by atoms with Gasteiger partial charge in [0.1, 0.15) is 5.82 Å². The van der Waals surface area contributed by atoms with E-state index in [2.05, 4.69) is 20.9 Å². The van der Waals surface area contributed by atoms with Crippen LogP contribution in [0.5, 0.6) is 0 Å². The number of carbonyl (C=O) groups is 1. The van der Waals surface area contributed by atoms with Crippen LogP contribution in [-0.4, -0.2) is 31.0 Å². The quantitative estimate of drug-likeness (QED) is 0.524. The van der Waals surface area contributed by atoms with E-state index in [4.69, 9.17) is 0 Å². The summed E-state index contributed by atoms with van der Waals surface area (Å²) < 4.78 is 12.9. The maximum absolute atomic E-state index is 12.9. The average molecular weight is 348 g/mol. The van der Waals surface area contributed by atoms with Crippen LogP contribution in [0.25, 0.3) is 0 Å². The van der Waals surface area contributed by atoms with E-state index >= 15 is 0 Å². The van der Waals surface area contributed by atoms with Gasteiger partial charge in [0.2, 0.25) is 5.91 Å². The zero-order valence-electron chi connectivity index (χ0n) is 15.0. The number of halogens is 1. The number of hydrogen-bond acceptors (Lipinski definition) is 2. The molecule has 25 heavy (non-hydrogen) atoms. The molecule has 1 saturated carbocycles. The van der Waals surface area contributed by atoms with Crippen LogP contribution in [0.1, 0.15) is 51.0 Å². The Balaban J connectivity index is 1.73. The fourth-order valence-electron chi connectivity index (χ4n) is 2.94. The number of benzene rings is 1. The van der Waals surface area contributed by atoms with Gasteiger partial charge in [-0.05, 0) is 37.5 Å². The van der Waals surface area contributed by atoms with Crippen molar-refractivity contribution in [2.45, 2.75) is 58.0 Å². The molecule has 1 aliphatic carbocycles. The van der Waals surface area contributed by atoms with Gasteiger partial charge in [-0.25, -0.2) is 9.38 Å². The molecule has 5 nitrogen and oxygen atoms in total. The average Bonchev–Trinajstić information content (AvgIpc) is 2.62. The molecular formula is C19H29FN4O. The normalized spacial score (nSPS) is 15.7. The maximum atomic E-state index is 12.9. The summed E-state index contributed by atoms with van der Waals surface area (Å²) in [5.74, 6) is 0.507. The number of carbonyl (C=O) groups excluding carboxylic acids is 1. The molecule has 0 aliphatic heterocycles. The fourth-order valence-corrected chi connectivity index (χ4v) is 2.94. The lowest BCUT2D eigenvalue weighted by molar-refractivity contribution is -0.121. The van der Waals surface area contributed by atoms with Crippen LogP contribution < -0.4 is 16.0 Å². The molecule has 1 aromatic rings. The zero-order chi connectivity index (χ0) is 17.9. The second-order valence-corrected chi connectivity index (χ2v) is 6.40. The summed E-state index contributed by atoms with van der Waals surface area (Å²) in [6, 6.07) is 6.66. The number of guanidine groups is 1. The molecule has 1 aromatic carbocycles. The van der Waals surface area contributed by atoms with Crippen LogP contribution in [0.2, 0.25) is 0 Å². The predicted molar refractivity (Wildman–Crippen MR) is 98.9 cm³/mol. The van der Waals surface area contributed by atoms with Crippen molar-refractivity contribution in [1.29, 1.82) is 0 Å². The van der Waals surface area contributed by atoms with Crippen LogP contribution in [0.15, 0.2) is 29.3 Å². The highest BCUT2D eigenvalue weighted by Gasteiger charge is 2.15. The van der Waals surface area contributed by atoms with E-state index in [0.29, 0.717) is 31.5 Å². The first-order valence-corrected chi connectivity index (χ1v) is 9.23. The summed E-state index contributed by atoms with van der Waals surface area (Å²) in [5.41, 5.74) is 0.939. The van der Waals surface area contributed by atoms with E-state index < -0.39 is 0 Å². The molecule has 6 heteroatoms. The van der Waals surface area contributed by atoms with Gasteiger partial charge in [-0.3, -0.25) is 4.79 Å². The summed E-state index contributed by atoms with van der Waals surface area (Å²) in [6.07, 6.45) is 6.33. The molecule has 1 amide bonds. The number of amides is 1. The van der Waals surface area contributed by atoms with Gasteiger partial charge in [-0.2, -0.15) is 0 Å². The highest BCUT2D eigenvalue weighted by atomic mass is 19.1. The maximum Gasteiger partial charge on any atom is 0.221 e. The van der Waals surface area contributed by atoms with Gasteiger partial charge in [-0.1, -0.05) is 31.4 Å². The minimum absolute atomic E-state index is 0.0915. The molecule has 3 N–H and O–H groups in total. The number of nitrogens with zero attached hydrogens (tertiary/aromatic N) is 1. The third kappa shape index (κ3) is 7.54. The van der Waals surface area contributed by atoms with Crippen molar-refractivity contribution in [3.8, 4) is 0 Å². The topological polar surface area (TPSA) is 65.5 Å². The molecule has 0 heterocycles. The van der Waals surface area contributed by atoms with E-state index in [9.17, 15) is 9.18 Å². The van der Waals surface area contributed by atoms with Crippen molar-refractivity contribution in [2.24, 2.45) is 4.99 Å². The van der Waals surface area contributed by atoms with Crippen molar-refractivity contribution < 1.29 is 9.18 Å². The predicted octanol–water partition coefficient (Wildman–Crippen LogP) is 2.72. The first-order valence-electron chi connectivity index (χ1n) is 9.23. The van der Waals surface area contributed by atoms with Gasteiger partial charge in [0.15, 0.2) is 5.96 Å². The Bertz CT molecular complexity index is 553. The van der Waals surface area contributed by atoms with Crippen LogP contribution in [0.4, 0.5) is 4.39 Å². The second-order valence-electron chi connectivity index (χ2n) is 6.40. The van der Waals surface area contributed by atoms with Gasteiger partial charge in [0.05, 0.1) is 6.54 Å². The van der Waals surface area contributed by atoms with Crippen LogP contribution in [-0.2, 0) is 11.3 Å².